The molecule has 0 aliphatic heterocycles. The Morgan fingerprint density at radius 2 is 1.75 bits per heavy atom. The predicted molar refractivity (Wildman–Crippen MR) is 60.1 cm³/mol. The van der Waals surface area contributed by atoms with Gasteiger partial charge in [0, 0.05) is 8.90 Å². The molecule has 0 aromatic rings. The topological polar surface area (TPSA) is 64.1 Å². The van der Waals surface area contributed by atoms with Crippen molar-refractivity contribution in [2.45, 2.75) is 52.7 Å². The summed E-state index contributed by atoms with van der Waals surface area (Å²) in [7, 11) is 0. The molecule has 0 heterocycles. The Morgan fingerprint density at radius 1 is 1.25 bits per heavy atom. The summed E-state index contributed by atoms with van der Waals surface area (Å²) in [5.74, 6) is 0. The molecule has 2 atom stereocenters. The second-order valence-electron chi connectivity index (χ2n) is 2.54. The zero-order valence-electron chi connectivity index (χ0n) is 8.93. The first-order valence-corrected chi connectivity index (χ1v) is 4.96. The van der Waals surface area contributed by atoms with Gasteiger partial charge < -0.3 is 16.8 Å². The van der Waals surface area contributed by atoms with Crippen molar-refractivity contribution in [1.29, 1.82) is 0 Å². The summed E-state index contributed by atoms with van der Waals surface area (Å²) in [4.78, 5) is 0. The molecule has 0 aromatic carbocycles. The van der Waals surface area contributed by atoms with Crippen LogP contribution < -0.4 is 16.8 Å². The molecule has 0 radical (unpaired) electrons. The van der Waals surface area contributed by atoms with Crippen molar-refractivity contribution in [3.63, 3.8) is 0 Å². The molecule has 0 rings (SSSR count). The van der Waals surface area contributed by atoms with E-state index in [0.717, 1.165) is 19.4 Å². The predicted octanol–water partition coefficient (Wildman–Crippen LogP) is 1.53. The SMILES string of the molecule is CC.CCCC(N)C(N)NCC.[HH].[HH]. The first-order valence-electron chi connectivity index (χ1n) is 4.96. The van der Waals surface area contributed by atoms with E-state index in [1.54, 1.807) is 0 Å². The highest BCUT2D eigenvalue weighted by Gasteiger charge is 2.09. The monoisotopic (exact) mass is 179 g/mol. The van der Waals surface area contributed by atoms with Gasteiger partial charge in [-0.05, 0) is 13.0 Å². The fourth-order valence-electron chi connectivity index (χ4n) is 0.900. The van der Waals surface area contributed by atoms with E-state index in [-0.39, 0.29) is 15.1 Å². The van der Waals surface area contributed by atoms with Crippen LogP contribution in [0.1, 0.15) is 43.4 Å². The number of likely N-dealkylation sites (N-methyl/N-ethyl adjacent to an activating group) is 1. The fraction of sp³-hybridized carbons (Fsp3) is 1.00. The maximum atomic E-state index is 5.73. The first-order chi connectivity index (χ1) is 5.72. The highest BCUT2D eigenvalue weighted by atomic mass is 15.1. The molecule has 0 amide bonds. The van der Waals surface area contributed by atoms with Crippen LogP contribution in [-0.4, -0.2) is 18.8 Å². The van der Waals surface area contributed by atoms with Crippen LogP contribution in [0.2, 0.25) is 0 Å². The number of hydrogen-bond donors (Lipinski definition) is 3. The van der Waals surface area contributed by atoms with E-state index in [1.807, 2.05) is 20.8 Å². The van der Waals surface area contributed by atoms with Crippen LogP contribution in [0.5, 0.6) is 0 Å². The Balaban J connectivity index is -0.000000117. The van der Waals surface area contributed by atoms with E-state index in [9.17, 15) is 0 Å². The third-order valence-corrected chi connectivity index (χ3v) is 1.52. The summed E-state index contributed by atoms with van der Waals surface area (Å²) in [6.45, 7) is 9.02. The van der Waals surface area contributed by atoms with Gasteiger partial charge in [-0.1, -0.05) is 34.1 Å². The quantitative estimate of drug-likeness (QED) is 0.561. The molecule has 80 valence electrons. The molecule has 0 bridgehead atoms. The minimum atomic E-state index is -0.0371. The minimum absolute atomic E-state index is 0. The Labute approximate surface area is 79.9 Å². The van der Waals surface area contributed by atoms with Gasteiger partial charge in [0.15, 0.2) is 0 Å². The van der Waals surface area contributed by atoms with Crippen LogP contribution in [0.4, 0.5) is 0 Å². The molecule has 12 heavy (non-hydrogen) atoms. The molecular formula is C9H29N3. The lowest BCUT2D eigenvalue weighted by molar-refractivity contribution is 0.426. The number of nitrogens with two attached hydrogens (primary N) is 2. The van der Waals surface area contributed by atoms with Crippen molar-refractivity contribution >= 4 is 0 Å². The van der Waals surface area contributed by atoms with Gasteiger partial charge in [-0.3, -0.25) is 0 Å². The van der Waals surface area contributed by atoms with Crippen molar-refractivity contribution in [1.82, 2.24) is 5.32 Å². The summed E-state index contributed by atoms with van der Waals surface area (Å²) in [5, 5.41) is 3.08. The summed E-state index contributed by atoms with van der Waals surface area (Å²) < 4.78 is 0. The van der Waals surface area contributed by atoms with Gasteiger partial charge in [0.2, 0.25) is 0 Å². The van der Waals surface area contributed by atoms with E-state index in [1.165, 1.54) is 0 Å². The fourth-order valence-corrected chi connectivity index (χ4v) is 0.900. The summed E-state index contributed by atoms with van der Waals surface area (Å²) in [6.07, 6.45) is 2.05. The Kier molecular flexibility index (Phi) is 13.1. The molecule has 0 fully saturated rings. The average Bonchev–Trinajstić information content (AvgIpc) is 2.09. The van der Waals surface area contributed by atoms with Crippen LogP contribution in [0.25, 0.3) is 0 Å². The van der Waals surface area contributed by atoms with Crippen LogP contribution >= 0.6 is 0 Å². The largest absolute Gasteiger partial charge is 0.325 e. The Morgan fingerprint density at radius 3 is 2.08 bits per heavy atom. The molecule has 3 nitrogen and oxygen atoms in total. The standard InChI is InChI=1S/C7H19N3.C2H6.2H2/c1-3-5-6(8)7(9)10-4-2;1-2;;/h6-7,10H,3-5,8-9H2,1-2H3;1-2H3;2*1H. The van der Waals surface area contributed by atoms with Gasteiger partial charge in [0.1, 0.15) is 0 Å². The second kappa shape index (κ2) is 10.9. The Hall–Kier alpha value is -0.120. The number of nitrogens with one attached hydrogen (secondary N) is 1. The number of rotatable bonds is 5. The minimum Gasteiger partial charge on any atom is -0.325 e. The molecule has 0 spiro atoms. The summed E-state index contributed by atoms with van der Waals surface area (Å²) >= 11 is 0. The van der Waals surface area contributed by atoms with Gasteiger partial charge in [-0.25, -0.2) is 0 Å². The van der Waals surface area contributed by atoms with Crippen LogP contribution in [-0.2, 0) is 0 Å². The lowest BCUT2D eigenvalue weighted by Crippen LogP contribution is -2.51. The molecule has 3 heteroatoms. The molecule has 0 aromatic heterocycles. The summed E-state index contributed by atoms with van der Waals surface area (Å²) in [5.41, 5.74) is 11.4. The third-order valence-electron chi connectivity index (χ3n) is 1.52. The summed E-state index contributed by atoms with van der Waals surface area (Å²) in [6, 6.07) is 0.102. The van der Waals surface area contributed by atoms with Gasteiger partial charge in [0.25, 0.3) is 0 Å². The number of hydrogen-bond acceptors (Lipinski definition) is 3. The van der Waals surface area contributed by atoms with E-state index >= 15 is 0 Å². The van der Waals surface area contributed by atoms with E-state index < -0.39 is 0 Å². The van der Waals surface area contributed by atoms with Crippen molar-refractivity contribution in [3.05, 3.63) is 0 Å². The third kappa shape index (κ3) is 7.98. The van der Waals surface area contributed by atoms with Crippen LogP contribution in [0.3, 0.4) is 0 Å². The second-order valence-corrected chi connectivity index (χ2v) is 2.54. The van der Waals surface area contributed by atoms with Crippen molar-refractivity contribution in [2.24, 2.45) is 11.5 Å². The van der Waals surface area contributed by atoms with Gasteiger partial charge in [0.05, 0.1) is 6.17 Å². The van der Waals surface area contributed by atoms with Crippen LogP contribution in [0.15, 0.2) is 0 Å². The van der Waals surface area contributed by atoms with Crippen molar-refractivity contribution in [3.8, 4) is 0 Å². The maximum absolute atomic E-state index is 5.73. The smallest absolute Gasteiger partial charge is 0.0702 e. The Bertz CT molecular complexity index is 74.5. The molecule has 0 saturated carbocycles. The van der Waals surface area contributed by atoms with Gasteiger partial charge in [-0.15, -0.1) is 0 Å². The maximum Gasteiger partial charge on any atom is 0.0702 e. The lowest BCUT2D eigenvalue weighted by Gasteiger charge is -2.19. The lowest BCUT2D eigenvalue weighted by atomic mass is 10.1. The highest BCUT2D eigenvalue weighted by molar-refractivity contribution is 4.72. The molecule has 5 N–H and O–H groups in total. The van der Waals surface area contributed by atoms with E-state index in [0.29, 0.717) is 0 Å². The van der Waals surface area contributed by atoms with Gasteiger partial charge >= 0.3 is 0 Å². The normalized spacial score (nSPS) is 14.5. The highest BCUT2D eigenvalue weighted by Crippen LogP contribution is 1.94. The van der Waals surface area contributed by atoms with Crippen LogP contribution in [0, 0.1) is 0 Å². The molecule has 0 aliphatic carbocycles. The molecular weight excluding hydrogens is 150 g/mol. The van der Waals surface area contributed by atoms with Crippen molar-refractivity contribution < 1.29 is 2.85 Å². The van der Waals surface area contributed by atoms with Gasteiger partial charge in [-0.2, -0.15) is 0 Å². The zero-order valence-corrected chi connectivity index (χ0v) is 8.93. The molecule has 0 aliphatic rings. The van der Waals surface area contributed by atoms with E-state index in [2.05, 4.69) is 12.2 Å². The van der Waals surface area contributed by atoms with E-state index in [4.69, 9.17) is 11.5 Å². The zero-order chi connectivity index (χ0) is 9.98. The first kappa shape index (κ1) is 14.4. The molecule has 0 saturated heterocycles. The average molecular weight is 179 g/mol. The molecule has 2 unspecified atom stereocenters. The van der Waals surface area contributed by atoms with Crippen molar-refractivity contribution in [2.75, 3.05) is 6.54 Å².